The first-order valence-corrected chi connectivity index (χ1v) is 11.0. The molecule has 0 unspecified atom stereocenters. The van der Waals surface area contributed by atoms with Gasteiger partial charge in [0.15, 0.2) is 0 Å². The minimum atomic E-state index is 0.311. The highest BCUT2D eigenvalue weighted by atomic mass is 16.3. The molecule has 2 N–H and O–H groups in total. The zero-order valence-electron chi connectivity index (χ0n) is 17.7. The van der Waals surface area contributed by atoms with E-state index < -0.39 is 0 Å². The molecule has 0 heterocycles. The van der Waals surface area contributed by atoms with Crippen molar-refractivity contribution in [1.29, 1.82) is 0 Å². The molecule has 0 bridgehead atoms. The Morgan fingerprint density at radius 1 is 0.679 bits per heavy atom. The van der Waals surface area contributed by atoms with Crippen molar-refractivity contribution in [3.05, 3.63) is 72.9 Å². The average molecular weight is 382 g/mol. The predicted octanol–water partition coefficient (Wildman–Crippen LogP) is 7.95. The number of unbranched alkanes of at least 4 members (excludes halogenated alkanes) is 5. The molecule has 0 spiro atoms. The lowest BCUT2D eigenvalue weighted by atomic mass is 10.2. The SMILES string of the molecule is CCCCCC=CCC=CCC=CCC=CCCCCNc1ccc(O)cc1. The summed E-state index contributed by atoms with van der Waals surface area (Å²) < 4.78 is 0. The van der Waals surface area contributed by atoms with E-state index >= 15 is 0 Å². The van der Waals surface area contributed by atoms with Gasteiger partial charge in [-0.2, -0.15) is 0 Å². The molecule has 28 heavy (non-hydrogen) atoms. The highest BCUT2D eigenvalue weighted by Gasteiger charge is 1.92. The van der Waals surface area contributed by atoms with Crippen molar-refractivity contribution >= 4 is 5.69 Å². The fourth-order valence-corrected chi connectivity index (χ4v) is 2.76. The molecule has 0 aliphatic carbocycles. The van der Waals surface area contributed by atoms with E-state index in [9.17, 15) is 5.11 Å². The van der Waals surface area contributed by atoms with Gasteiger partial charge < -0.3 is 10.4 Å². The summed E-state index contributed by atoms with van der Waals surface area (Å²) in [5.41, 5.74) is 1.07. The highest BCUT2D eigenvalue weighted by molar-refractivity contribution is 5.45. The van der Waals surface area contributed by atoms with Gasteiger partial charge >= 0.3 is 0 Å². The van der Waals surface area contributed by atoms with Crippen LogP contribution < -0.4 is 5.32 Å². The molecule has 154 valence electrons. The molecular formula is C26H39NO. The minimum absolute atomic E-state index is 0.311. The molecule has 0 radical (unpaired) electrons. The number of hydrogen-bond acceptors (Lipinski definition) is 2. The Bertz CT molecular complexity index is 581. The smallest absolute Gasteiger partial charge is 0.115 e. The number of phenols is 1. The van der Waals surface area contributed by atoms with Gasteiger partial charge in [0.1, 0.15) is 5.75 Å². The van der Waals surface area contributed by atoms with Crippen molar-refractivity contribution in [1.82, 2.24) is 0 Å². The van der Waals surface area contributed by atoms with Gasteiger partial charge in [-0.3, -0.25) is 0 Å². The third kappa shape index (κ3) is 14.9. The Balaban J connectivity index is 1.90. The summed E-state index contributed by atoms with van der Waals surface area (Å²) in [7, 11) is 0. The number of rotatable bonds is 16. The monoisotopic (exact) mass is 381 g/mol. The second kappa shape index (κ2) is 18.2. The summed E-state index contributed by atoms with van der Waals surface area (Å²) in [6.45, 7) is 3.22. The number of benzene rings is 1. The molecule has 0 aliphatic rings. The number of aromatic hydroxyl groups is 1. The van der Waals surface area contributed by atoms with Crippen LogP contribution in [-0.4, -0.2) is 11.7 Å². The largest absolute Gasteiger partial charge is 0.508 e. The summed E-state index contributed by atoms with van der Waals surface area (Å²) >= 11 is 0. The standard InChI is InChI=1S/C26H39NO/c1-2-3-4-5-6-7-8-9-10-11-12-13-14-15-16-17-18-19-24-27-25-20-22-26(28)23-21-25/h6-7,9-10,12-13,15-16,20-23,27-28H,2-5,8,11,14,17-19,24H2,1H3. The van der Waals surface area contributed by atoms with Gasteiger partial charge in [0.25, 0.3) is 0 Å². The number of allylic oxidation sites excluding steroid dienone is 8. The molecule has 0 aromatic heterocycles. The first kappa shape index (κ1) is 23.8. The maximum atomic E-state index is 9.25. The summed E-state index contributed by atoms with van der Waals surface area (Å²) in [6, 6.07) is 7.23. The third-order valence-corrected chi connectivity index (χ3v) is 4.45. The van der Waals surface area contributed by atoms with E-state index in [1.807, 2.05) is 12.1 Å². The van der Waals surface area contributed by atoms with Crippen LogP contribution in [0.3, 0.4) is 0 Å². The van der Waals surface area contributed by atoms with Crippen LogP contribution in [0.4, 0.5) is 5.69 Å². The van der Waals surface area contributed by atoms with Gasteiger partial charge in [-0.05, 0) is 75.6 Å². The Labute approximate surface area is 172 Å². The molecule has 2 nitrogen and oxygen atoms in total. The Kier molecular flexibility index (Phi) is 15.4. The van der Waals surface area contributed by atoms with Crippen LogP contribution in [0.5, 0.6) is 5.75 Å². The second-order valence-corrected chi connectivity index (χ2v) is 7.06. The van der Waals surface area contributed by atoms with E-state index in [0.717, 1.165) is 44.3 Å². The molecule has 2 heteroatoms. The first-order valence-electron chi connectivity index (χ1n) is 11.0. The van der Waals surface area contributed by atoms with Crippen molar-refractivity contribution in [2.45, 2.75) is 71.1 Å². The van der Waals surface area contributed by atoms with Gasteiger partial charge in [-0.1, -0.05) is 68.4 Å². The van der Waals surface area contributed by atoms with Crippen LogP contribution >= 0.6 is 0 Å². The molecule has 0 saturated heterocycles. The number of nitrogens with one attached hydrogen (secondary N) is 1. The van der Waals surface area contributed by atoms with Gasteiger partial charge in [-0.15, -0.1) is 0 Å². The molecule has 1 aromatic rings. The molecule has 1 rings (SSSR count). The average Bonchev–Trinajstić information content (AvgIpc) is 2.71. The Morgan fingerprint density at radius 3 is 1.71 bits per heavy atom. The number of hydrogen-bond donors (Lipinski definition) is 2. The van der Waals surface area contributed by atoms with Crippen LogP contribution in [0, 0.1) is 0 Å². The Morgan fingerprint density at radius 2 is 1.18 bits per heavy atom. The van der Waals surface area contributed by atoms with E-state index in [0.29, 0.717) is 5.75 Å². The lowest BCUT2D eigenvalue weighted by Crippen LogP contribution is -2.00. The quantitative estimate of drug-likeness (QED) is 0.173. The summed E-state index contributed by atoms with van der Waals surface area (Å²) in [5.74, 6) is 0.311. The predicted molar refractivity (Wildman–Crippen MR) is 125 cm³/mol. The van der Waals surface area contributed by atoms with Crippen LogP contribution in [0.2, 0.25) is 0 Å². The first-order chi connectivity index (χ1) is 13.8. The molecular weight excluding hydrogens is 342 g/mol. The summed E-state index contributed by atoms with van der Waals surface area (Å²) in [5, 5.41) is 12.6. The lowest BCUT2D eigenvalue weighted by molar-refractivity contribution is 0.475. The lowest BCUT2D eigenvalue weighted by Gasteiger charge is -2.05. The van der Waals surface area contributed by atoms with E-state index in [2.05, 4.69) is 60.8 Å². The number of phenolic OH excluding ortho intramolecular Hbond substituents is 1. The van der Waals surface area contributed by atoms with Crippen LogP contribution in [0.15, 0.2) is 72.9 Å². The zero-order chi connectivity index (χ0) is 20.1. The van der Waals surface area contributed by atoms with Crippen LogP contribution in [0.1, 0.15) is 71.1 Å². The molecule has 0 fully saturated rings. The summed E-state index contributed by atoms with van der Waals surface area (Å²) in [4.78, 5) is 0. The zero-order valence-corrected chi connectivity index (χ0v) is 17.7. The highest BCUT2D eigenvalue weighted by Crippen LogP contribution is 2.13. The van der Waals surface area contributed by atoms with Crippen LogP contribution in [0.25, 0.3) is 0 Å². The molecule has 0 amide bonds. The van der Waals surface area contributed by atoms with E-state index in [1.165, 1.54) is 32.1 Å². The minimum Gasteiger partial charge on any atom is -0.508 e. The van der Waals surface area contributed by atoms with Gasteiger partial charge in [-0.25, -0.2) is 0 Å². The van der Waals surface area contributed by atoms with Crippen molar-refractivity contribution in [3.8, 4) is 5.75 Å². The fourth-order valence-electron chi connectivity index (χ4n) is 2.76. The molecule has 0 atom stereocenters. The normalized spacial score (nSPS) is 12.2. The topological polar surface area (TPSA) is 32.3 Å². The van der Waals surface area contributed by atoms with Gasteiger partial charge in [0, 0.05) is 12.2 Å². The van der Waals surface area contributed by atoms with E-state index in [-0.39, 0.29) is 0 Å². The maximum absolute atomic E-state index is 9.25. The fraction of sp³-hybridized carbons (Fsp3) is 0.462. The van der Waals surface area contributed by atoms with Gasteiger partial charge in [0.05, 0.1) is 0 Å². The van der Waals surface area contributed by atoms with E-state index in [4.69, 9.17) is 0 Å². The van der Waals surface area contributed by atoms with Crippen LogP contribution in [-0.2, 0) is 0 Å². The van der Waals surface area contributed by atoms with Crippen molar-refractivity contribution in [2.75, 3.05) is 11.9 Å². The molecule has 0 aliphatic heterocycles. The third-order valence-electron chi connectivity index (χ3n) is 4.45. The molecule has 1 aromatic carbocycles. The maximum Gasteiger partial charge on any atom is 0.115 e. The van der Waals surface area contributed by atoms with Crippen molar-refractivity contribution in [2.24, 2.45) is 0 Å². The van der Waals surface area contributed by atoms with E-state index in [1.54, 1.807) is 12.1 Å². The second-order valence-electron chi connectivity index (χ2n) is 7.06. The van der Waals surface area contributed by atoms with Crippen molar-refractivity contribution in [3.63, 3.8) is 0 Å². The molecule has 0 saturated carbocycles. The summed E-state index contributed by atoms with van der Waals surface area (Å²) in [6.07, 6.45) is 29.9. The van der Waals surface area contributed by atoms with Crippen molar-refractivity contribution < 1.29 is 5.11 Å². The Hall–Kier alpha value is -2.22. The number of anilines is 1. The van der Waals surface area contributed by atoms with Gasteiger partial charge in [0.2, 0.25) is 0 Å².